The lowest BCUT2D eigenvalue weighted by atomic mass is 9.74. The quantitative estimate of drug-likeness (QED) is 0.646. The Morgan fingerprint density at radius 2 is 1.63 bits per heavy atom. The highest BCUT2D eigenvalue weighted by atomic mass is 16.2. The third-order valence-electron chi connectivity index (χ3n) is 3.52. The van der Waals surface area contributed by atoms with Crippen LogP contribution in [0.5, 0.6) is 0 Å². The Hall–Kier alpha value is -1.10. The molecule has 0 spiro atoms. The average molecular weight is 271 g/mol. The van der Waals surface area contributed by atoms with Crippen LogP contribution in [0.4, 0.5) is 0 Å². The van der Waals surface area contributed by atoms with Crippen molar-refractivity contribution in [3.63, 3.8) is 0 Å². The Morgan fingerprint density at radius 1 is 1.11 bits per heavy atom. The van der Waals surface area contributed by atoms with Gasteiger partial charge in [0.2, 0.25) is 11.8 Å². The number of hydrogen-bond donors (Lipinski definition) is 3. The maximum absolute atomic E-state index is 12.0. The summed E-state index contributed by atoms with van der Waals surface area (Å²) in [4.78, 5) is 23.5. The van der Waals surface area contributed by atoms with E-state index in [4.69, 9.17) is 5.73 Å². The zero-order chi connectivity index (χ0) is 15.3. The largest absolute Gasteiger partial charge is 0.356 e. The molecule has 19 heavy (non-hydrogen) atoms. The fraction of sp³-hybridized carbons (Fsp3) is 0.857. The summed E-state index contributed by atoms with van der Waals surface area (Å²) in [6.07, 6.45) is 0.291. The predicted molar refractivity (Wildman–Crippen MR) is 77.5 cm³/mol. The molecule has 0 aromatic rings. The second kappa shape index (κ2) is 6.89. The van der Waals surface area contributed by atoms with E-state index in [1.54, 1.807) is 13.8 Å². The highest BCUT2D eigenvalue weighted by molar-refractivity contribution is 5.84. The summed E-state index contributed by atoms with van der Waals surface area (Å²) in [5.74, 6) is 0.256. The molecule has 0 unspecified atom stereocenters. The number of carbonyl (C=O) groups is 2. The van der Waals surface area contributed by atoms with Crippen molar-refractivity contribution in [2.75, 3.05) is 13.1 Å². The number of nitrogens with two attached hydrogens (primary N) is 1. The number of nitrogens with one attached hydrogen (secondary N) is 2. The van der Waals surface area contributed by atoms with Gasteiger partial charge in [-0.3, -0.25) is 9.59 Å². The second-order valence-electron chi connectivity index (χ2n) is 6.55. The fourth-order valence-electron chi connectivity index (χ4n) is 1.21. The molecule has 0 fully saturated rings. The van der Waals surface area contributed by atoms with Crippen molar-refractivity contribution in [1.82, 2.24) is 10.6 Å². The number of carbonyl (C=O) groups excluding carboxylic acids is 2. The van der Waals surface area contributed by atoms with Crippen LogP contribution in [0.25, 0.3) is 0 Å². The minimum atomic E-state index is -0.679. The predicted octanol–water partition coefficient (Wildman–Crippen LogP) is 1.03. The van der Waals surface area contributed by atoms with Crippen LogP contribution >= 0.6 is 0 Å². The topological polar surface area (TPSA) is 84.2 Å². The Morgan fingerprint density at radius 3 is 2.05 bits per heavy atom. The summed E-state index contributed by atoms with van der Waals surface area (Å²) >= 11 is 0. The molecule has 112 valence electrons. The summed E-state index contributed by atoms with van der Waals surface area (Å²) in [5.41, 5.74) is 4.69. The number of amides is 2. The molecular weight excluding hydrogens is 242 g/mol. The van der Waals surface area contributed by atoms with Crippen LogP contribution in [-0.2, 0) is 9.59 Å². The van der Waals surface area contributed by atoms with Crippen molar-refractivity contribution >= 4 is 11.8 Å². The number of rotatable bonds is 7. The van der Waals surface area contributed by atoms with Crippen molar-refractivity contribution < 1.29 is 9.59 Å². The van der Waals surface area contributed by atoms with Gasteiger partial charge in [0, 0.05) is 25.0 Å². The molecule has 0 aromatic heterocycles. The van der Waals surface area contributed by atoms with E-state index in [1.165, 1.54) is 0 Å². The molecule has 0 aliphatic rings. The molecule has 4 N–H and O–H groups in total. The van der Waals surface area contributed by atoms with Gasteiger partial charge >= 0.3 is 0 Å². The van der Waals surface area contributed by atoms with Crippen molar-refractivity contribution in [2.45, 2.75) is 53.5 Å². The molecular formula is C14H29N3O2. The molecule has 0 aromatic carbocycles. The molecule has 0 atom stereocenters. The summed E-state index contributed by atoms with van der Waals surface area (Å²) in [6, 6.07) is 0. The average Bonchev–Trinajstić information content (AvgIpc) is 2.24. The van der Waals surface area contributed by atoms with Crippen molar-refractivity contribution in [3.8, 4) is 0 Å². The van der Waals surface area contributed by atoms with E-state index in [0.717, 1.165) is 0 Å². The molecule has 5 heteroatoms. The molecule has 0 aliphatic heterocycles. The van der Waals surface area contributed by atoms with Crippen molar-refractivity contribution in [2.24, 2.45) is 17.1 Å². The Labute approximate surface area is 116 Å². The van der Waals surface area contributed by atoms with Crippen LogP contribution in [0.1, 0.15) is 48.0 Å². The van der Waals surface area contributed by atoms with Crippen LogP contribution < -0.4 is 16.4 Å². The van der Waals surface area contributed by atoms with E-state index in [1.807, 2.05) is 27.7 Å². The van der Waals surface area contributed by atoms with Crippen LogP contribution in [0.2, 0.25) is 0 Å². The maximum Gasteiger partial charge on any atom is 0.227 e. The highest BCUT2D eigenvalue weighted by Gasteiger charge is 2.40. The van der Waals surface area contributed by atoms with Crippen LogP contribution in [0, 0.1) is 11.3 Å². The van der Waals surface area contributed by atoms with Crippen LogP contribution in [0.3, 0.4) is 0 Å². The smallest absolute Gasteiger partial charge is 0.227 e. The lowest BCUT2D eigenvalue weighted by Crippen LogP contribution is -2.55. The van der Waals surface area contributed by atoms with Gasteiger partial charge in [0.1, 0.15) is 0 Å². The molecule has 0 heterocycles. The first-order chi connectivity index (χ1) is 8.48. The van der Waals surface area contributed by atoms with E-state index in [2.05, 4.69) is 10.6 Å². The van der Waals surface area contributed by atoms with Crippen LogP contribution in [0.15, 0.2) is 0 Å². The van der Waals surface area contributed by atoms with E-state index < -0.39 is 11.0 Å². The molecule has 0 saturated heterocycles. The van der Waals surface area contributed by atoms with Crippen LogP contribution in [-0.4, -0.2) is 30.4 Å². The minimum absolute atomic E-state index is 0.0428. The zero-order valence-electron chi connectivity index (χ0n) is 13.1. The van der Waals surface area contributed by atoms with Crippen molar-refractivity contribution in [3.05, 3.63) is 0 Å². The van der Waals surface area contributed by atoms with E-state index >= 15 is 0 Å². The molecule has 0 saturated carbocycles. The highest BCUT2D eigenvalue weighted by Crippen LogP contribution is 2.28. The Bertz CT molecular complexity index is 317. The van der Waals surface area contributed by atoms with Gasteiger partial charge in [0.15, 0.2) is 0 Å². The van der Waals surface area contributed by atoms with Gasteiger partial charge in [0.05, 0.1) is 5.41 Å². The third-order valence-corrected chi connectivity index (χ3v) is 3.52. The molecule has 0 aliphatic carbocycles. The lowest BCUT2D eigenvalue weighted by molar-refractivity contribution is -0.132. The molecule has 5 nitrogen and oxygen atoms in total. The summed E-state index contributed by atoms with van der Waals surface area (Å²) < 4.78 is 0. The monoisotopic (exact) mass is 271 g/mol. The van der Waals surface area contributed by atoms with Gasteiger partial charge < -0.3 is 16.4 Å². The first-order valence-corrected chi connectivity index (χ1v) is 6.82. The number of hydrogen-bond acceptors (Lipinski definition) is 3. The summed E-state index contributed by atoms with van der Waals surface area (Å²) in [7, 11) is 0. The minimum Gasteiger partial charge on any atom is -0.356 e. The van der Waals surface area contributed by atoms with Gasteiger partial charge in [0.25, 0.3) is 0 Å². The summed E-state index contributed by atoms with van der Waals surface area (Å²) in [5, 5.41) is 5.58. The van der Waals surface area contributed by atoms with E-state index in [-0.39, 0.29) is 11.8 Å². The first kappa shape index (κ1) is 17.9. The zero-order valence-corrected chi connectivity index (χ0v) is 13.1. The lowest BCUT2D eigenvalue weighted by Gasteiger charge is -2.36. The molecule has 0 radical (unpaired) electrons. The fourth-order valence-corrected chi connectivity index (χ4v) is 1.21. The molecule has 0 rings (SSSR count). The second-order valence-corrected chi connectivity index (χ2v) is 6.55. The third kappa shape index (κ3) is 6.05. The van der Waals surface area contributed by atoms with Gasteiger partial charge in [-0.15, -0.1) is 0 Å². The van der Waals surface area contributed by atoms with Gasteiger partial charge in [-0.25, -0.2) is 0 Å². The standard InChI is InChI=1S/C14H29N3O2/c1-10(2)9-17-11(18)7-8-16-12(19)13(3,4)14(5,6)15/h10H,7-9,15H2,1-6H3,(H,16,19)(H,17,18). The van der Waals surface area contributed by atoms with Gasteiger partial charge in [-0.1, -0.05) is 13.8 Å². The van der Waals surface area contributed by atoms with Crippen molar-refractivity contribution in [1.29, 1.82) is 0 Å². The Balaban J connectivity index is 4.09. The SMILES string of the molecule is CC(C)CNC(=O)CCNC(=O)C(C)(C)C(C)(C)N. The first-order valence-electron chi connectivity index (χ1n) is 6.82. The Kier molecular flexibility index (Phi) is 6.49. The maximum atomic E-state index is 12.0. The van der Waals surface area contributed by atoms with Gasteiger partial charge in [-0.05, 0) is 33.6 Å². The van der Waals surface area contributed by atoms with E-state index in [0.29, 0.717) is 25.4 Å². The summed E-state index contributed by atoms with van der Waals surface area (Å²) in [6.45, 7) is 12.3. The van der Waals surface area contributed by atoms with E-state index in [9.17, 15) is 9.59 Å². The normalized spacial score (nSPS) is 12.4. The molecule has 2 amide bonds. The molecule has 0 bridgehead atoms. The van der Waals surface area contributed by atoms with Gasteiger partial charge in [-0.2, -0.15) is 0 Å².